The second kappa shape index (κ2) is 8.09. The smallest absolute Gasteiger partial charge is 0.254 e. The van der Waals surface area contributed by atoms with Crippen LogP contribution in [-0.2, 0) is 6.54 Å². The molecule has 0 saturated carbocycles. The third kappa shape index (κ3) is 4.30. The molecular formula is C22H25FN2O2. The lowest BCUT2D eigenvalue weighted by Crippen LogP contribution is -2.40. The number of hydrogen-bond acceptors (Lipinski definition) is 3. The van der Waals surface area contributed by atoms with Crippen LogP contribution in [0.3, 0.4) is 0 Å². The van der Waals surface area contributed by atoms with Crippen LogP contribution in [0, 0.1) is 11.7 Å². The van der Waals surface area contributed by atoms with Crippen LogP contribution < -0.4 is 4.74 Å². The molecule has 0 aromatic heterocycles. The van der Waals surface area contributed by atoms with E-state index >= 15 is 0 Å². The number of amides is 1. The van der Waals surface area contributed by atoms with E-state index in [0.29, 0.717) is 18.3 Å². The molecule has 2 aromatic rings. The molecule has 27 heavy (non-hydrogen) atoms. The Balaban J connectivity index is 1.18. The topological polar surface area (TPSA) is 32.8 Å². The summed E-state index contributed by atoms with van der Waals surface area (Å²) in [6.07, 6.45) is 2.22. The summed E-state index contributed by atoms with van der Waals surface area (Å²) in [6, 6.07) is 14.1. The van der Waals surface area contributed by atoms with Gasteiger partial charge in [0.05, 0.1) is 0 Å². The van der Waals surface area contributed by atoms with E-state index in [0.717, 1.165) is 56.7 Å². The summed E-state index contributed by atoms with van der Waals surface area (Å²) < 4.78 is 18.6. The zero-order valence-corrected chi connectivity index (χ0v) is 15.4. The molecule has 0 aliphatic carbocycles. The van der Waals surface area contributed by atoms with E-state index in [2.05, 4.69) is 11.0 Å². The van der Waals surface area contributed by atoms with Crippen LogP contribution in [0.4, 0.5) is 4.39 Å². The van der Waals surface area contributed by atoms with Crippen molar-refractivity contribution in [1.82, 2.24) is 9.80 Å². The molecular weight excluding hydrogens is 343 g/mol. The van der Waals surface area contributed by atoms with Crippen molar-refractivity contribution in [2.45, 2.75) is 19.4 Å². The van der Waals surface area contributed by atoms with Crippen LogP contribution in [0.2, 0.25) is 0 Å². The maximum absolute atomic E-state index is 12.9. The maximum atomic E-state index is 12.9. The molecule has 0 N–H and O–H groups in total. The quantitative estimate of drug-likeness (QED) is 0.781. The standard InChI is InChI=1S/C22H25FN2O2/c23-19-5-7-20(8-6-19)27-14-13-24-11-9-17(10-12-24)15-25-16-18-3-1-2-4-21(18)22(25)26/h1-8,17H,9-16H2. The molecule has 2 aromatic carbocycles. The molecule has 4 nitrogen and oxygen atoms in total. The van der Waals surface area contributed by atoms with Crippen molar-refractivity contribution >= 4 is 5.91 Å². The minimum atomic E-state index is -0.246. The zero-order valence-electron chi connectivity index (χ0n) is 15.4. The Kier molecular flexibility index (Phi) is 5.39. The van der Waals surface area contributed by atoms with Gasteiger partial charge in [-0.15, -0.1) is 0 Å². The highest BCUT2D eigenvalue weighted by molar-refractivity contribution is 5.98. The Hall–Kier alpha value is -2.40. The Bertz CT molecular complexity index is 785. The highest BCUT2D eigenvalue weighted by Gasteiger charge is 2.29. The summed E-state index contributed by atoms with van der Waals surface area (Å²) in [6.45, 7) is 5.15. The lowest BCUT2D eigenvalue weighted by molar-refractivity contribution is 0.0708. The number of rotatable bonds is 6. The van der Waals surface area contributed by atoms with Crippen molar-refractivity contribution in [1.29, 1.82) is 0 Å². The summed E-state index contributed by atoms with van der Waals surface area (Å²) in [5.74, 6) is 1.21. The van der Waals surface area contributed by atoms with Crippen LogP contribution >= 0.6 is 0 Å². The van der Waals surface area contributed by atoms with Gasteiger partial charge in [0, 0.05) is 25.2 Å². The Labute approximate surface area is 159 Å². The molecule has 0 radical (unpaired) electrons. The number of hydrogen-bond donors (Lipinski definition) is 0. The van der Waals surface area contributed by atoms with Gasteiger partial charge in [0.1, 0.15) is 18.2 Å². The molecule has 0 atom stereocenters. The van der Waals surface area contributed by atoms with Crippen molar-refractivity contribution in [2.75, 3.05) is 32.8 Å². The lowest BCUT2D eigenvalue weighted by Gasteiger charge is -2.33. The van der Waals surface area contributed by atoms with Gasteiger partial charge in [0.15, 0.2) is 0 Å². The third-order valence-electron chi connectivity index (χ3n) is 5.57. The van der Waals surface area contributed by atoms with Crippen molar-refractivity contribution in [3.05, 3.63) is 65.5 Å². The predicted octanol–water partition coefficient (Wildman–Crippen LogP) is 3.57. The Morgan fingerprint density at radius 2 is 1.78 bits per heavy atom. The van der Waals surface area contributed by atoms with E-state index in [4.69, 9.17) is 4.74 Å². The van der Waals surface area contributed by atoms with Gasteiger partial charge in [-0.2, -0.15) is 0 Å². The van der Waals surface area contributed by atoms with Gasteiger partial charge in [-0.1, -0.05) is 18.2 Å². The Morgan fingerprint density at radius 1 is 1.04 bits per heavy atom. The van der Waals surface area contributed by atoms with Crippen molar-refractivity contribution in [3.63, 3.8) is 0 Å². The van der Waals surface area contributed by atoms with Crippen LogP contribution in [0.15, 0.2) is 48.5 Å². The number of fused-ring (bicyclic) bond motifs is 1. The fourth-order valence-corrected chi connectivity index (χ4v) is 3.99. The first-order chi connectivity index (χ1) is 13.2. The number of piperidine rings is 1. The molecule has 0 unspecified atom stereocenters. The summed E-state index contributed by atoms with van der Waals surface area (Å²) in [5, 5.41) is 0. The van der Waals surface area contributed by atoms with Gasteiger partial charge in [-0.25, -0.2) is 4.39 Å². The molecule has 0 bridgehead atoms. The summed E-state index contributed by atoms with van der Waals surface area (Å²) in [7, 11) is 0. The highest BCUT2D eigenvalue weighted by atomic mass is 19.1. The van der Waals surface area contributed by atoms with Crippen LogP contribution in [0.25, 0.3) is 0 Å². The molecule has 1 amide bonds. The highest BCUT2D eigenvalue weighted by Crippen LogP contribution is 2.26. The van der Waals surface area contributed by atoms with Crippen LogP contribution in [0.5, 0.6) is 5.75 Å². The van der Waals surface area contributed by atoms with Gasteiger partial charge in [0.2, 0.25) is 0 Å². The number of nitrogens with zero attached hydrogens (tertiary/aromatic N) is 2. The largest absolute Gasteiger partial charge is 0.492 e. The lowest BCUT2D eigenvalue weighted by atomic mass is 9.96. The van der Waals surface area contributed by atoms with E-state index in [1.54, 1.807) is 12.1 Å². The number of carbonyl (C=O) groups excluding carboxylic acids is 1. The average Bonchev–Trinajstić information content (AvgIpc) is 3.01. The molecule has 2 heterocycles. The average molecular weight is 368 g/mol. The van der Waals surface area contributed by atoms with Crippen molar-refractivity contribution in [3.8, 4) is 5.75 Å². The van der Waals surface area contributed by atoms with Crippen molar-refractivity contribution < 1.29 is 13.9 Å². The molecule has 2 aliphatic rings. The number of likely N-dealkylation sites (tertiary alicyclic amines) is 1. The Morgan fingerprint density at radius 3 is 2.52 bits per heavy atom. The normalized spacial score (nSPS) is 18.0. The first-order valence-corrected chi connectivity index (χ1v) is 9.67. The second-order valence-corrected chi connectivity index (χ2v) is 7.43. The minimum absolute atomic E-state index is 0.181. The van der Waals surface area contributed by atoms with E-state index in [1.807, 2.05) is 23.1 Å². The predicted molar refractivity (Wildman–Crippen MR) is 102 cm³/mol. The fourth-order valence-electron chi connectivity index (χ4n) is 3.99. The van der Waals surface area contributed by atoms with Crippen LogP contribution in [-0.4, -0.2) is 48.5 Å². The van der Waals surface area contributed by atoms with Gasteiger partial charge >= 0.3 is 0 Å². The molecule has 1 saturated heterocycles. The van der Waals surface area contributed by atoms with E-state index < -0.39 is 0 Å². The maximum Gasteiger partial charge on any atom is 0.254 e. The SMILES string of the molecule is O=C1c2ccccc2CN1CC1CCN(CCOc2ccc(F)cc2)CC1. The summed E-state index contributed by atoms with van der Waals surface area (Å²) in [4.78, 5) is 16.9. The third-order valence-corrected chi connectivity index (χ3v) is 5.57. The van der Waals surface area contributed by atoms with Gasteiger partial charge in [0.25, 0.3) is 5.91 Å². The number of carbonyl (C=O) groups is 1. The van der Waals surface area contributed by atoms with E-state index in [-0.39, 0.29) is 11.7 Å². The first kappa shape index (κ1) is 18.0. The number of ether oxygens (including phenoxy) is 1. The number of benzene rings is 2. The molecule has 0 spiro atoms. The van der Waals surface area contributed by atoms with Crippen LogP contribution in [0.1, 0.15) is 28.8 Å². The first-order valence-electron chi connectivity index (χ1n) is 9.67. The molecule has 5 heteroatoms. The van der Waals surface area contributed by atoms with Gasteiger partial charge in [-0.3, -0.25) is 9.69 Å². The molecule has 1 fully saturated rings. The number of halogens is 1. The monoisotopic (exact) mass is 368 g/mol. The van der Waals surface area contributed by atoms with E-state index in [1.165, 1.54) is 12.1 Å². The fraction of sp³-hybridized carbons (Fsp3) is 0.409. The summed E-state index contributed by atoms with van der Waals surface area (Å²) in [5.41, 5.74) is 2.02. The van der Waals surface area contributed by atoms with Crippen molar-refractivity contribution in [2.24, 2.45) is 5.92 Å². The molecule has 2 aliphatic heterocycles. The zero-order chi connectivity index (χ0) is 18.6. The van der Waals surface area contributed by atoms with E-state index in [9.17, 15) is 9.18 Å². The molecule has 4 rings (SSSR count). The van der Waals surface area contributed by atoms with Gasteiger partial charge in [-0.05, 0) is 67.7 Å². The summed E-state index contributed by atoms with van der Waals surface area (Å²) >= 11 is 0. The van der Waals surface area contributed by atoms with Gasteiger partial charge < -0.3 is 9.64 Å². The molecule has 142 valence electrons. The minimum Gasteiger partial charge on any atom is -0.492 e. The second-order valence-electron chi connectivity index (χ2n) is 7.43.